The maximum absolute atomic E-state index is 4.31. The van der Waals surface area contributed by atoms with Crippen molar-refractivity contribution in [2.45, 2.75) is 39.5 Å². The molecule has 0 heterocycles. The van der Waals surface area contributed by atoms with Gasteiger partial charge in [-0.25, -0.2) is 0 Å². The molecule has 1 atom stereocenters. The minimum Gasteiger partial charge on any atom is -0.179 e. The van der Waals surface area contributed by atoms with Crippen LogP contribution in [-0.2, 0) is 12.8 Å². The molecular formula is C14H22S. The minimum absolute atomic E-state index is 0.676. The lowest BCUT2D eigenvalue weighted by molar-refractivity contribution is 0.660. The van der Waals surface area contributed by atoms with Crippen LogP contribution in [0.4, 0.5) is 0 Å². The van der Waals surface area contributed by atoms with Crippen LogP contribution in [0.2, 0.25) is 0 Å². The second-order valence-corrected chi connectivity index (χ2v) is 4.78. The molecule has 0 bridgehead atoms. The molecule has 0 amide bonds. The predicted octanol–water partition coefficient (Wildman–Crippen LogP) is 4.14. The third-order valence-electron chi connectivity index (χ3n) is 2.74. The summed E-state index contributed by atoms with van der Waals surface area (Å²) in [5.74, 6) is 1.65. The molecule has 15 heavy (non-hydrogen) atoms. The van der Waals surface area contributed by atoms with Gasteiger partial charge in [-0.05, 0) is 42.1 Å². The summed E-state index contributed by atoms with van der Waals surface area (Å²) in [6.45, 7) is 4.49. The Hall–Kier alpha value is -0.430. The summed E-state index contributed by atoms with van der Waals surface area (Å²) >= 11 is 4.31. The van der Waals surface area contributed by atoms with Crippen LogP contribution in [0.15, 0.2) is 24.3 Å². The quantitative estimate of drug-likeness (QED) is 0.687. The van der Waals surface area contributed by atoms with Crippen LogP contribution in [0.25, 0.3) is 0 Å². The van der Waals surface area contributed by atoms with E-state index in [1.807, 2.05) is 0 Å². The predicted molar refractivity (Wildman–Crippen MR) is 71.8 cm³/mol. The Morgan fingerprint density at radius 1 is 1.13 bits per heavy atom. The number of thiol groups is 1. The number of hydrogen-bond acceptors (Lipinski definition) is 1. The molecule has 1 heteroatoms. The van der Waals surface area contributed by atoms with Gasteiger partial charge in [-0.1, -0.05) is 44.5 Å². The first-order valence-corrected chi connectivity index (χ1v) is 6.58. The molecule has 0 saturated carbocycles. The molecule has 0 aliphatic rings. The smallest absolute Gasteiger partial charge is 0.00690 e. The summed E-state index contributed by atoms with van der Waals surface area (Å²) in [5.41, 5.74) is 2.91. The van der Waals surface area contributed by atoms with Crippen molar-refractivity contribution < 1.29 is 0 Å². The lowest BCUT2D eigenvalue weighted by Gasteiger charge is -2.08. The topological polar surface area (TPSA) is 0 Å². The first kappa shape index (κ1) is 12.6. The molecule has 1 aromatic carbocycles. The highest BCUT2D eigenvalue weighted by Gasteiger charge is 2.01. The Kier molecular flexibility index (Phi) is 5.85. The van der Waals surface area contributed by atoms with E-state index in [0.29, 0.717) is 5.92 Å². The zero-order chi connectivity index (χ0) is 11.1. The average molecular weight is 222 g/mol. The standard InChI is InChI=1S/C14H22S/c1-3-4-5-13-6-8-14(9-7-13)10-12(2)11-15/h6-9,12,15H,3-5,10-11H2,1-2H3. The Balaban J connectivity index is 2.48. The maximum atomic E-state index is 4.31. The largest absolute Gasteiger partial charge is 0.179 e. The van der Waals surface area contributed by atoms with Crippen LogP contribution in [0.1, 0.15) is 37.8 Å². The van der Waals surface area contributed by atoms with Gasteiger partial charge in [0.2, 0.25) is 0 Å². The molecule has 84 valence electrons. The summed E-state index contributed by atoms with van der Waals surface area (Å²) < 4.78 is 0. The van der Waals surface area contributed by atoms with Gasteiger partial charge < -0.3 is 0 Å². The monoisotopic (exact) mass is 222 g/mol. The molecule has 0 nitrogen and oxygen atoms in total. The van der Waals surface area contributed by atoms with Crippen LogP contribution >= 0.6 is 12.6 Å². The first-order chi connectivity index (χ1) is 7.26. The van der Waals surface area contributed by atoms with Crippen LogP contribution in [0.3, 0.4) is 0 Å². The molecule has 0 fully saturated rings. The van der Waals surface area contributed by atoms with Crippen molar-refractivity contribution in [1.29, 1.82) is 0 Å². The maximum Gasteiger partial charge on any atom is -0.00690 e. The fraction of sp³-hybridized carbons (Fsp3) is 0.571. The number of aryl methyl sites for hydroxylation is 1. The Bertz CT molecular complexity index is 263. The summed E-state index contributed by atoms with van der Waals surface area (Å²) in [6.07, 6.45) is 4.95. The van der Waals surface area contributed by atoms with E-state index in [1.165, 1.54) is 30.4 Å². The highest BCUT2D eigenvalue weighted by atomic mass is 32.1. The van der Waals surface area contributed by atoms with Gasteiger partial charge in [0.15, 0.2) is 0 Å². The molecule has 1 unspecified atom stereocenters. The second-order valence-electron chi connectivity index (χ2n) is 4.41. The number of unbranched alkanes of at least 4 members (excludes halogenated alkanes) is 1. The van der Waals surface area contributed by atoms with Gasteiger partial charge >= 0.3 is 0 Å². The molecule has 1 rings (SSSR count). The molecule has 1 aromatic rings. The van der Waals surface area contributed by atoms with Crippen molar-refractivity contribution in [2.24, 2.45) is 5.92 Å². The summed E-state index contributed by atoms with van der Waals surface area (Å²) in [6, 6.07) is 9.09. The minimum atomic E-state index is 0.676. The van der Waals surface area contributed by atoms with Crippen LogP contribution in [0, 0.1) is 5.92 Å². The van der Waals surface area contributed by atoms with E-state index in [4.69, 9.17) is 0 Å². The van der Waals surface area contributed by atoms with E-state index in [1.54, 1.807) is 0 Å². The molecule has 0 aliphatic heterocycles. The van der Waals surface area contributed by atoms with E-state index < -0.39 is 0 Å². The Morgan fingerprint density at radius 3 is 2.27 bits per heavy atom. The number of hydrogen-bond donors (Lipinski definition) is 1. The number of benzene rings is 1. The molecule has 0 saturated heterocycles. The van der Waals surface area contributed by atoms with Crippen molar-refractivity contribution in [3.63, 3.8) is 0 Å². The summed E-state index contributed by atoms with van der Waals surface area (Å²) in [5, 5.41) is 0. The van der Waals surface area contributed by atoms with Gasteiger partial charge in [0, 0.05) is 0 Å². The fourth-order valence-corrected chi connectivity index (χ4v) is 1.82. The summed E-state index contributed by atoms with van der Waals surface area (Å²) in [7, 11) is 0. The SMILES string of the molecule is CCCCc1ccc(CC(C)CS)cc1. The fourth-order valence-electron chi connectivity index (χ4n) is 1.69. The van der Waals surface area contributed by atoms with Gasteiger partial charge in [-0.3, -0.25) is 0 Å². The third kappa shape index (κ3) is 4.74. The van der Waals surface area contributed by atoms with Crippen LogP contribution in [-0.4, -0.2) is 5.75 Å². The highest BCUT2D eigenvalue weighted by molar-refractivity contribution is 7.80. The van der Waals surface area contributed by atoms with Gasteiger partial charge in [-0.2, -0.15) is 12.6 Å². The molecular weight excluding hydrogens is 200 g/mol. The van der Waals surface area contributed by atoms with Crippen molar-refractivity contribution in [3.8, 4) is 0 Å². The molecule has 0 aliphatic carbocycles. The van der Waals surface area contributed by atoms with E-state index in [-0.39, 0.29) is 0 Å². The van der Waals surface area contributed by atoms with Gasteiger partial charge in [0.05, 0.1) is 0 Å². The molecule has 0 radical (unpaired) electrons. The van der Waals surface area contributed by atoms with Gasteiger partial charge in [0.1, 0.15) is 0 Å². The normalized spacial score (nSPS) is 12.7. The average Bonchev–Trinajstić information content (AvgIpc) is 2.28. The van der Waals surface area contributed by atoms with Gasteiger partial charge in [-0.15, -0.1) is 0 Å². The zero-order valence-electron chi connectivity index (χ0n) is 9.87. The van der Waals surface area contributed by atoms with Gasteiger partial charge in [0.25, 0.3) is 0 Å². The molecule has 0 aromatic heterocycles. The molecule has 0 N–H and O–H groups in total. The second kappa shape index (κ2) is 6.95. The van der Waals surface area contributed by atoms with Crippen molar-refractivity contribution in [1.82, 2.24) is 0 Å². The van der Waals surface area contributed by atoms with E-state index in [2.05, 4.69) is 50.7 Å². The van der Waals surface area contributed by atoms with Crippen molar-refractivity contribution in [3.05, 3.63) is 35.4 Å². The van der Waals surface area contributed by atoms with E-state index >= 15 is 0 Å². The van der Waals surface area contributed by atoms with Crippen molar-refractivity contribution >= 4 is 12.6 Å². The van der Waals surface area contributed by atoms with E-state index in [9.17, 15) is 0 Å². The third-order valence-corrected chi connectivity index (χ3v) is 3.36. The van der Waals surface area contributed by atoms with Crippen molar-refractivity contribution in [2.75, 3.05) is 5.75 Å². The summed E-state index contributed by atoms with van der Waals surface area (Å²) in [4.78, 5) is 0. The van der Waals surface area contributed by atoms with Crippen LogP contribution in [0.5, 0.6) is 0 Å². The molecule has 0 spiro atoms. The van der Waals surface area contributed by atoms with Crippen LogP contribution < -0.4 is 0 Å². The lowest BCUT2D eigenvalue weighted by Crippen LogP contribution is -2.00. The first-order valence-electron chi connectivity index (χ1n) is 5.95. The number of rotatable bonds is 6. The Labute approximate surface area is 99.5 Å². The Morgan fingerprint density at radius 2 is 1.73 bits per heavy atom. The zero-order valence-corrected chi connectivity index (χ0v) is 10.8. The van der Waals surface area contributed by atoms with E-state index in [0.717, 1.165) is 12.2 Å². The highest BCUT2D eigenvalue weighted by Crippen LogP contribution is 2.12. The lowest BCUT2D eigenvalue weighted by atomic mass is 10.00.